The van der Waals surface area contributed by atoms with E-state index in [0.717, 1.165) is 36.1 Å². The third-order valence-corrected chi connectivity index (χ3v) is 20.4. The van der Waals surface area contributed by atoms with E-state index in [2.05, 4.69) is 79.1 Å². The van der Waals surface area contributed by atoms with Crippen LogP contribution in [0.2, 0.25) is 18.1 Å². The molecule has 0 aromatic heterocycles. The zero-order valence-corrected chi connectivity index (χ0v) is 37.3. The summed E-state index contributed by atoms with van der Waals surface area (Å²) >= 11 is 16.8. The molecule has 0 saturated heterocycles. The first-order valence-corrected chi connectivity index (χ1v) is 26.0. The third kappa shape index (κ3) is 20.8. The average molecular weight is 824 g/mol. The van der Waals surface area contributed by atoms with Gasteiger partial charge in [0, 0.05) is 33.7 Å². The second-order valence-corrected chi connectivity index (χ2v) is 29.5. The summed E-state index contributed by atoms with van der Waals surface area (Å²) in [5.41, 5.74) is 4.62. The van der Waals surface area contributed by atoms with Crippen molar-refractivity contribution in [1.29, 1.82) is 0 Å². The van der Waals surface area contributed by atoms with Crippen molar-refractivity contribution < 1.29 is 24.9 Å². The van der Waals surface area contributed by atoms with Gasteiger partial charge in [-0.1, -0.05) is 110 Å². The fourth-order valence-corrected chi connectivity index (χ4v) is 4.99. The van der Waals surface area contributed by atoms with Gasteiger partial charge < -0.3 is 26.0 Å². The summed E-state index contributed by atoms with van der Waals surface area (Å²) in [6.07, 6.45) is 7.29. The lowest BCUT2D eigenvalue weighted by atomic mass is 10.1. The predicted octanol–water partition coefficient (Wildman–Crippen LogP) is 8.69. The van der Waals surface area contributed by atoms with Gasteiger partial charge in [-0.2, -0.15) is 11.1 Å². The lowest BCUT2D eigenvalue weighted by Gasteiger charge is -2.29. The number of nitrogens with one attached hydrogen (secondary N) is 2. The SMILES string of the molecule is C.CC(C)(C)[Si](C)(C)Cl.CCc1cc(CO)cc(NC(=O)CCC(C)(C)S(C)=S)c1.CS(=S)C(C)(C)CCC(=O)Nc1cc(CO)cc(CO)c1. The van der Waals surface area contributed by atoms with Crippen molar-refractivity contribution in [1.82, 2.24) is 0 Å². The summed E-state index contributed by atoms with van der Waals surface area (Å²) in [5.74, 6) is -0.0804. The summed E-state index contributed by atoms with van der Waals surface area (Å²) < 4.78 is -0.0237. The summed E-state index contributed by atoms with van der Waals surface area (Å²) in [6.45, 7) is 21.1. The molecular weight excluding hydrogens is 756 g/mol. The number of hydrogen-bond acceptors (Lipinski definition) is 7. The topological polar surface area (TPSA) is 119 Å². The van der Waals surface area contributed by atoms with Crippen LogP contribution in [0.25, 0.3) is 0 Å². The Kier molecular flexibility index (Phi) is 24.1. The molecule has 2 unspecified atom stereocenters. The zero-order valence-electron chi connectivity index (χ0n) is 32.3. The number of carbonyl (C=O) groups is 2. The standard InChI is InChI=1S/C16H25NO2S2.C15H23NO3S2.C6H15ClSi.CH4/c1-5-12-8-13(11-18)10-14(9-12)17-15(19)6-7-16(2,3)21(4)20;1-15(2,21(3)20)5-4-14(19)16-13-7-11(9-17)6-12(8-13)10-18;1-6(2,3)8(4,5)7;/h8-10,18H,5-7,11H2,1-4H3,(H,17,19);6-8,17-18H,4-5,9-10H2,1-3H3,(H,16,19);1-5H3;1H4. The molecule has 0 aliphatic carbocycles. The van der Waals surface area contributed by atoms with E-state index in [4.69, 9.17) is 33.5 Å². The highest BCUT2D eigenvalue weighted by molar-refractivity contribution is 8.29. The minimum absolute atomic E-state index is 0. The van der Waals surface area contributed by atoms with E-state index in [9.17, 15) is 24.9 Å². The molecule has 2 aromatic rings. The summed E-state index contributed by atoms with van der Waals surface area (Å²) in [5, 5.41) is 33.7. The lowest BCUT2D eigenvalue weighted by molar-refractivity contribution is -0.117. The van der Waals surface area contributed by atoms with E-state index in [1.807, 2.05) is 30.7 Å². The predicted molar refractivity (Wildman–Crippen MR) is 235 cm³/mol. The molecule has 0 aliphatic rings. The molecule has 2 atom stereocenters. The van der Waals surface area contributed by atoms with Crippen LogP contribution in [0.4, 0.5) is 11.4 Å². The minimum Gasteiger partial charge on any atom is -0.392 e. The largest absolute Gasteiger partial charge is 0.392 e. The van der Waals surface area contributed by atoms with Crippen LogP contribution in [-0.2, 0) is 77.1 Å². The fraction of sp³-hybridized carbons (Fsp3) is 0.632. The Morgan fingerprint density at radius 1 is 0.686 bits per heavy atom. The number of carbonyl (C=O) groups excluding carboxylic acids is 2. The van der Waals surface area contributed by atoms with Gasteiger partial charge in [0.05, 0.1) is 19.8 Å². The van der Waals surface area contributed by atoms with E-state index in [-0.39, 0.29) is 67.5 Å². The van der Waals surface area contributed by atoms with Crippen molar-refractivity contribution in [2.24, 2.45) is 0 Å². The molecule has 0 bridgehead atoms. The Hall–Kier alpha value is -1.09. The van der Waals surface area contributed by atoms with Crippen LogP contribution in [0.15, 0.2) is 36.4 Å². The molecule has 5 N–H and O–H groups in total. The van der Waals surface area contributed by atoms with Crippen molar-refractivity contribution in [3.8, 4) is 0 Å². The molecule has 0 spiro atoms. The quantitative estimate of drug-likeness (QED) is 0.0956. The number of halogens is 1. The van der Waals surface area contributed by atoms with E-state index < -0.39 is 7.38 Å². The van der Waals surface area contributed by atoms with Crippen molar-refractivity contribution in [2.45, 2.75) is 142 Å². The Labute approximate surface area is 330 Å². The Bertz CT molecular complexity index is 1290. The van der Waals surface area contributed by atoms with Gasteiger partial charge in [0.15, 0.2) is 7.38 Å². The number of rotatable bonds is 14. The first-order chi connectivity index (χ1) is 22.8. The van der Waals surface area contributed by atoms with E-state index in [1.165, 1.54) is 0 Å². The van der Waals surface area contributed by atoms with Gasteiger partial charge in [0.2, 0.25) is 11.8 Å². The molecule has 0 radical (unpaired) electrons. The Morgan fingerprint density at radius 3 is 1.20 bits per heavy atom. The molecule has 0 fully saturated rings. The molecule has 2 aromatic carbocycles. The number of amides is 2. The van der Waals surface area contributed by atoms with Crippen molar-refractivity contribution >= 4 is 82.9 Å². The molecular formula is C38H67ClN2O5S4Si. The van der Waals surface area contributed by atoms with Crippen LogP contribution in [-0.4, -0.2) is 56.5 Å². The molecule has 0 aliphatic heterocycles. The first-order valence-electron chi connectivity index (χ1n) is 16.9. The second kappa shape index (κ2) is 23.6. The minimum atomic E-state index is -1.39. The van der Waals surface area contributed by atoms with E-state index >= 15 is 0 Å². The first kappa shape index (κ1) is 52.0. The van der Waals surface area contributed by atoms with Crippen LogP contribution >= 0.6 is 11.1 Å². The van der Waals surface area contributed by atoms with Crippen molar-refractivity contribution in [3.63, 3.8) is 0 Å². The average Bonchev–Trinajstić information content (AvgIpc) is 3.02. The number of hydrogen-bond donors (Lipinski definition) is 5. The molecule has 2 rings (SSSR count). The second-order valence-electron chi connectivity index (χ2n) is 15.2. The van der Waals surface area contributed by atoms with Gasteiger partial charge in [-0.15, -0.1) is 18.9 Å². The number of aliphatic hydroxyl groups is 3. The Morgan fingerprint density at radius 2 is 0.961 bits per heavy atom. The van der Waals surface area contributed by atoms with E-state index in [0.29, 0.717) is 34.7 Å². The highest BCUT2D eigenvalue weighted by Gasteiger charge is 2.32. The van der Waals surface area contributed by atoms with Crippen LogP contribution < -0.4 is 10.6 Å². The number of aryl methyl sites for hydroxylation is 1. The highest BCUT2D eigenvalue weighted by Crippen LogP contribution is 2.38. The maximum absolute atomic E-state index is 12.1. The van der Waals surface area contributed by atoms with Gasteiger partial charge in [-0.3, -0.25) is 9.59 Å². The third-order valence-electron chi connectivity index (χ3n) is 8.88. The maximum Gasteiger partial charge on any atom is 0.224 e. The molecule has 2 amide bonds. The van der Waals surface area contributed by atoms with Gasteiger partial charge in [-0.25, -0.2) is 0 Å². The molecule has 294 valence electrons. The van der Waals surface area contributed by atoms with Crippen LogP contribution in [0.3, 0.4) is 0 Å². The summed E-state index contributed by atoms with van der Waals surface area (Å²) in [7, 11) is -1.68. The molecule has 7 nitrogen and oxygen atoms in total. The highest BCUT2D eigenvalue weighted by atomic mass is 35.6. The van der Waals surface area contributed by atoms with E-state index in [1.54, 1.807) is 18.2 Å². The monoisotopic (exact) mass is 822 g/mol. The van der Waals surface area contributed by atoms with Crippen molar-refractivity contribution in [2.75, 3.05) is 23.1 Å². The molecule has 13 heteroatoms. The molecule has 0 saturated carbocycles. The normalized spacial score (nSPS) is 12.9. The fourth-order valence-electron chi connectivity index (χ4n) is 3.71. The van der Waals surface area contributed by atoms with Crippen LogP contribution in [0, 0.1) is 0 Å². The number of anilines is 2. The summed E-state index contributed by atoms with van der Waals surface area (Å²) in [6, 6.07) is 10.9. The molecule has 0 heterocycles. The van der Waals surface area contributed by atoms with Crippen molar-refractivity contribution in [3.05, 3.63) is 58.7 Å². The summed E-state index contributed by atoms with van der Waals surface area (Å²) in [4.78, 5) is 24.1. The number of benzene rings is 2. The van der Waals surface area contributed by atoms with Crippen LogP contribution in [0.5, 0.6) is 0 Å². The van der Waals surface area contributed by atoms with Crippen LogP contribution in [0.1, 0.15) is 111 Å². The smallest absolute Gasteiger partial charge is 0.224 e. The Balaban J connectivity index is 0. The van der Waals surface area contributed by atoms with Gasteiger partial charge in [-0.05, 0) is 83.3 Å². The lowest BCUT2D eigenvalue weighted by Crippen LogP contribution is -2.29. The van der Waals surface area contributed by atoms with Gasteiger partial charge in [0.1, 0.15) is 0 Å². The molecule has 51 heavy (non-hydrogen) atoms. The number of aliphatic hydroxyl groups excluding tert-OH is 3. The zero-order chi connectivity index (χ0) is 39.1. The maximum atomic E-state index is 12.1. The van der Waals surface area contributed by atoms with Gasteiger partial charge >= 0.3 is 0 Å². The van der Waals surface area contributed by atoms with Gasteiger partial charge in [0.25, 0.3) is 0 Å².